The summed E-state index contributed by atoms with van der Waals surface area (Å²) in [4.78, 5) is 31.1. The Morgan fingerprint density at radius 3 is 2.55 bits per heavy atom. The quantitative estimate of drug-likeness (QED) is 0.786. The number of nitrogens with zero attached hydrogens (tertiary/aromatic N) is 3. The van der Waals surface area contributed by atoms with Gasteiger partial charge in [-0.05, 0) is 38.8 Å². The summed E-state index contributed by atoms with van der Waals surface area (Å²) < 4.78 is 0. The molecule has 2 amide bonds. The molecule has 3 aliphatic heterocycles. The minimum Gasteiger partial charge on any atom is -0.336 e. The van der Waals surface area contributed by atoms with E-state index >= 15 is 0 Å². The molecule has 3 saturated heterocycles. The Kier molecular flexibility index (Phi) is 4.97. The number of carbonyl (C=O) groups is 2. The molecule has 5 nitrogen and oxygen atoms in total. The highest BCUT2D eigenvalue weighted by Gasteiger charge is 2.43. The SMILES string of the molecule is CCN1CCCC1C1CCCN1C(=O)C1CSCN1C(C)=O. The van der Waals surface area contributed by atoms with Crippen LogP contribution in [-0.4, -0.2) is 75.9 Å². The minimum atomic E-state index is -0.237. The molecule has 0 bridgehead atoms. The van der Waals surface area contributed by atoms with E-state index in [0.717, 1.165) is 31.7 Å². The predicted molar refractivity (Wildman–Crippen MR) is 88.6 cm³/mol. The summed E-state index contributed by atoms with van der Waals surface area (Å²) in [5.74, 6) is 1.62. The number of likely N-dealkylation sites (N-methyl/N-ethyl adjacent to an activating group) is 1. The fraction of sp³-hybridized carbons (Fsp3) is 0.875. The van der Waals surface area contributed by atoms with Gasteiger partial charge in [0.2, 0.25) is 11.8 Å². The lowest BCUT2D eigenvalue weighted by atomic mass is 10.0. The highest BCUT2D eigenvalue weighted by molar-refractivity contribution is 7.99. The van der Waals surface area contributed by atoms with Crippen LogP contribution in [-0.2, 0) is 9.59 Å². The smallest absolute Gasteiger partial charge is 0.246 e. The van der Waals surface area contributed by atoms with Crippen molar-refractivity contribution < 1.29 is 9.59 Å². The van der Waals surface area contributed by atoms with Gasteiger partial charge < -0.3 is 9.80 Å². The Hall–Kier alpha value is -0.750. The molecule has 0 aromatic carbocycles. The van der Waals surface area contributed by atoms with E-state index in [-0.39, 0.29) is 17.9 Å². The van der Waals surface area contributed by atoms with Gasteiger partial charge in [0.05, 0.1) is 5.88 Å². The zero-order chi connectivity index (χ0) is 15.7. The highest BCUT2D eigenvalue weighted by Crippen LogP contribution is 2.32. The molecule has 0 aliphatic carbocycles. The number of likely N-dealkylation sites (tertiary alicyclic amines) is 2. The second-order valence-electron chi connectivity index (χ2n) is 6.58. The van der Waals surface area contributed by atoms with E-state index in [4.69, 9.17) is 0 Å². The molecule has 3 unspecified atom stereocenters. The van der Waals surface area contributed by atoms with Crippen LogP contribution in [0.5, 0.6) is 0 Å². The third-order valence-corrected chi connectivity index (χ3v) is 6.43. The summed E-state index contributed by atoms with van der Waals surface area (Å²) in [5.41, 5.74) is 0. The van der Waals surface area contributed by atoms with E-state index in [1.54, 1.807) is 23.6 Å². The van der Waals surface area contributed by atoms with Crippen molar-refractivity contribution in [1.82, 2.24) is 14.7 Å². The van der Waals surface area contributed by atoms with Gasteiger partial charge >= 0.3 is 0 Å². The van der Waals surface area contributed by atoms with E-state index < -0.39 is 0 Å². The van der Waals surface area contributed by atoms with Crippen molar-refractivity contribution in [1.29, 1.82) is 0 Å². The van der Waals surface area contributed by atoms with Gasteiger partial charge in [-0.15, -0.1) is 11.8 Å². The van der Waals surface area contributed by atoms with Crippen molar-refractivity contribution in [3.8, 4) is 0 Å². The predicted octanol–water partition coefficient (Wildman–Crippen LogP) is 1.38. The molecule has 0 saturated carbocycles. The van der Waals surface area contributed by atoms with Crippen LogP contribution in [0.3, 0.4) is 0 Å². The molecule has 6 heteroatoms. The molecule has 3 rings (SSSR count). The van der Waals surface area contributed by atoms with Gasteiger partial charge in [-0.1, -0.05) is 6.92 Å². The van der Waals surface area contributed by atoms with Crippen molar-refractivity contribution >= 4 is 23.6 Å². The molecular formula is C16H27N3O2S. The van der Waals surface area contributed by atoms with Crippen molar-refractivity contribution in [2.45, 2.75) is 57.7 Å². The molecule has 3 atom stereocenters. The third-order valence-electron chi connectivity index (χ3n) is 5.42. The molecule has 3 aliphatic rings. The second-order valence-corrected chi connectivity index (χ2v) is 7.58. The number of hydrogen-bond acceptors (Lipinski definition) is 4. The van der Waals surface area contributed by atoms with E-state index in [1.165, 1.54) is 19.4 Å². The maximum Gasteiger partial charge on any atom is 0.246 e. The van der Waals surface area contributed by atoms with Crippen molar-refractivity contribution in [2.24, 2.45) is 0 Å². The first-order chi connectivity index (χ1) is 10.6. The number of thioether (sulfide) groups is 1. The highest BCUT2D eigenvalue weighted by atomic mass is 32.2. The zero-order valence-corrected chi connectivity index (χ0v) is 14.5. The van der Waals surface area contributed by atoms with Crippen molar-refractivity contribution in [2.75, 3.05) is 31.3 Å². The lowest BCUT2D eigenvalue weighted by molar-refractivity contribution is -0.143. The van der Waals surface area contributed by atoms with Crippen LogP contribution in [0.1, 0.15) is 39.5 Å². The number of hydrogen-bond donors (Lipinski definition) is 0. The van der Waals surface area contributed by atoms with Gasteiger partial charge in [0.15, 0.2) is 0 Å². The van der Waals surface area contributed by atoms with Gasteiger partial charge in [-0.2, -0.15) is 0 Å². The van der Waals surface area contributed by atoms with Crippen LogP contribution in [0, 0.1) is 0 Å². The van der Waals surface area contributed by atoms with Crippen molar-refractivity contribution in [3.05, 3.63) is 0 Å². The molecule has 0 radical (unpaired) electrons. The second kappa shape index (κ2) is 6.79. The number of carbonyl (C=O) groups excluding carboxylic acids is 2. The van der Waals surface area contributed by atoms with Crippen LogP contribution >= 0.6 is 11.8 Å². The fourth-order valence-electron chi connectivity index (χ4n) is 4.30. The Morgan fingerprint density at radius 1 is 1.09 bits per heavy atom. The Bertz CT molecular complexity index is 445. The molecule has 3 fully saturated rings. The van der Waals surface area contributed by atoms with Gasteiger partial charge in [0.1, 0.15) is 6.04 Å². The molecule has 0 aromatic heterocycles. The molecule has 22 heavy (non-hydrogen) atoms. The first-order valence-electron chi connectivity index (χ1n) is 8.53. The van der Waals surface area contributed by atoms with Gasteiger partial charge in [0.25, 0.3) is 0 Å². The summed E-state index contributed by atoms with van der Waals surface area (Å²) in [6.07, 6.45) is 4.67. The molecule has 3 heterocycles. The Morgan fingerprint density at radius 2 is 1.82 bits per heavy atom. The minimum absolute atomic E-state index is 0.0233. The fourth-order valence-corrected chi connectivity index (χ4v) is 5.51. The van der Waals surface area contributed by atoms with E-state index in [1.807, 2.05) is 0 Å². The Labute approximate surface area is 137 Å². The summed E-state index contributed by atoms with van der Waals surface area (Å²) in [6.45, 7) is 6.89. The van der Waals surface area contributed by atoms with Gasteiger partial charge in [-0.25, -0.2) is 0 Å². The van der Waals surface area contributed by atoms with Gasteiger partial charge in [0, 0.05) is 31.3 Å². The van der Waals surface area contributed by atoms with Crippen LogP contribution < -0.4 is 0 Å². The summed E-state index contributed by atoms with van der Waals surface area (Å²) in [6, 6.07) is 0.644. The van der Waals surface area contributed by atoms with E-state index in [0.29, 0.717) is 18.0 Å². The topological polar surface area (TPSA) is 43.9 Å². The maximum atomic E-state index is 13.0. The van der Waals surface area contributed by atoms with Gasteiger partial charge in [-0.3, -0.25) is 14.5 Å². The summed E-state index contributed by atoms with van der Waals surface area (Å²) in [7, 11) is 0. The molecule has 0 spiro atoms. The standard InChI is InChI=1S/C16H27N3O2S/c1-3-17-8-4-6-13(17)14-7-5-9-18(14)16(21)15-10-22-11-19(15)12(2)20/h13-15H,3-11H2,1-2H3. The third kappa shape index (κ3) is 2.87. The first kappa shape index (κ1) is 16.1. The monoisotopic (exact) mass is 325 g/mol. The number of rotatable bonds is 3. The molecular weight excluding hydrogens is 298 g/mol. The lowest BCUT2D eigenvalue weighted by Gasteiger charge is -2.36. The summed E-state index contributed by atoms with van der Waals surface area (Å²) in [5, 5.41) is 0. The molecule has 124 valence electrons. The number of amides is 2. The average molecular weight is 325 g/mol. The van der Waals surface area contributed by atoms with Crippen LogP contribution in [0.2, 0.25) is 0 Å². The van der Waals surface area contributed by atoms with Crippen LogP contribution in [0.15, 0.2) is 0 Å². The molecule has 0 N–H and O–H groups in total. The van der Waals surface area contributed by atoms with E-state index in [9.17, 15) is 9.59 Å². The van der Waals surface area contributed by atoms with Crippen LogP contribution in [0.25, 0.3) is 0 Å². The largest absolute Gasteiger partial charge is 0.336 e. The zero-order valence-electron chi connectivity index (χ0n) is 13.7. The first-order valence-corrected chi connectivity index (χ1v) is 9.68. The average Bonchev–Trinajstić information content (AvgIpc) is 3.23. The molecule has 0 aromatic rings. The normalized spacial score (nSPS) is 32.9. The summed E-state index contributed by atoms with van der Waals surface area (Å²) >= 11 is 1.69. The van der Waals surface area contributed by atoms with E-state index in [2.05, 4.69) is 16.7 Å². The maximum absolute atomic E-state index is 13.0. The van der Waals surface area contributed by atoms with Crippen LogP contribution in [0.4, 0.5) is 0 Å². The lowest BCUT2D eigenvalue weighted by Crippen LogP contribution is -2.54. The Balaban J connectivity index is 1.72. The van der Waals surface area contributed by atoms with Crippen molar-refractivity contribution in [3.63, 3.8) is 0 Å².